The molecule has 33 heavy (non-hydrogen) atoms. The van der Waals surface area contributed by atoms with E-state index < -0.39 is 17.4 Å². The summed E-state index contributed by atoms with van der Waals surface area (Å²) in [5.41, 5.74) is -0.304. The van der Waals surface area contributed by atoms with Crippen LogP contribution < -0.4 is 5.32 Å². The van der Waals surface area contributed by atoms with E-state index in [-0.39, 0.29) is 41.4 Å². The number of nitrogens with zero attached hydrogens (tertiary/aromatic N) is 2. The van der Waals surface area contributed by atoms with E-state index in [1.165, 1.54) is 6.92 Å². The van der Waals surface area contributed by atoms with Crippen molar-refractivity contribution in [1.29, 1.82) is 0 Å². The maximum atomic E-state index is 13.6. The quantitative estimate of drug-likeness (QED) is 0.504. The second kappa shape index (κ2) is 12.0. The van der Waals surface area contributed by atoms with Crippen LogP contribution >= 0.6 is 0 Å². The molecule has 2 amide bonds. The maximum Gasteiger partial charge on any atom is 0.331 e. The molecule has 0 aliphatic carbocycles. The first-order valence-electron chi connectivity index (χ1n) is 12.4. The van der Waals surface area contributed by atoms with Gasteiger partial charge in [0.05, 0.1) is 12.1 Å². The number of carboxylic acids is 1. The highest BCUT2D eigenvalue weighted by Gasteiger charge is 2.40. The summed E-state index contributed by atoms with van der Waals surface area (Å²) < 4.78 is 0. The number of likely N-dealkylation sites (N-methyl/N-ethyl adjacent to an activating group) is 1. The first kappa shape index (κ1) is 29.1. The smallest absolute Gasteiger partial charge is 0.331 e. The van der Waals surface area contributed by atoms with Crippen LogP contribution in [0.2, 0.25) is 0 Å². The fourth-order valence-corrected chi connectivity index (χ4v) is 4.58. The molecular weight excluding hydrogens is 418 g/mol. The van der Waals surface area contributed by atoms with Gasteiger partial charge in [-0.2, -0.15) is 0 Å². The van der Waals surface area contributed by atoms with E-state index in [0.717, 1.165) is 25.8 Å². The molecule has 1 saturated heterocycles. The first-order valence-corrected chi connectivity index (χ1v) is 12.4. The van der Waals surface area contributed by atoms with E-state index in [1.807, 2.05) is 34.6 Å². The number of hydrogen-bond acceptors (Lipinski definition) is 4. The highest BCUT2D eigenvalue weighted by atomic mass is 16.4. The number of carbonyl (C=O) groups excluding carboxylic acids is 2. The second-order valence-electron chi connectivity index (χ2n) is 11.3. The van der Waals surface area contributed by atoms with E-state index in [1.54, 1.807) is 18.0 Å². The number of likely N-dealkylation sites (tertiary alicyclic amines) is 1. The van der Waals surface area contributed by atoms with Gasteiger partial charge in [-0.05, 0) is 50.9 Å². The lowest BCUT2D eigenvalue weighted by Crippen LogP contribution is -2.61. The molecule has 1 fully saturated rings. The fraction of sp³-hybridized carbons (Fsp3) is 0.808. The number of carbonyl (C=O) groups is 3. The monoisotopic (exact) mass is 465 g/mol. The molecule has 1 rings (SSSR count). The third kappa shape index (κ3) is 7.83. The van der Waals surface area contributed by atoms with Crippen LogP contribution in [-0.4, -0.2) is 70.4 Å². The van der Waals surface area contributed by atoms with Crippen molar-refractivity contribution in [2.75, 3.05) is 13.6 Å². The lowest BCUT2D eigenvalue weighted by molar-refractivity contribution is -0.142. The van der Waals surface area contributed by atoms with E-state index >= 15 is 0 Å². The largest absolute Gasteiger partial charge is 0.478 e. The minimum atomic E-state index is -1.00. The van der Waals surface area contributed by atoms with Gasteiger partial charge in [0, 0.05) is 25.2 Å². The Morgan fingerprint density at radius 2 is 1.73 bits per heavy atom. The molecule has 7 heteroatoms. The Kier molecular flexibility index (Phi) is 10.6. The van der Waals surface area contributed by atoms with Gasteiger partial charge < -0.3 is 15.3 Å². The van der Waals surface area contributed by atoms with Crippen LogP contribution in [0.4, 0.5) is 0 Å². The van der Waals surface area contributed by atoms with Crippen molar-refractivity contribution in [2.45, 2.75) is 106 Å². The Hall–Kier alpha value is -1.89. The van der Waals surface area contributed by atoms with Crippen molar-refractivity contribution >= 4 is 17.8 Å². The number of piperidine rings is 1. The normalized spacial score (nSPS) is 22.2. The molecule has 7 nitrogen and oxygen atoms in total. The summed E-state index contributed by atoms with van der Waals surface area (Å²) in [4.78, 5) is 42.3. The van der Waals surface area contributed by atoms with Crippen LogP contribution in [0.15, 0.2) is 11.6 Å². The minimum absolute atomic E-state index is 0.0188. The predicted molar refractivity (Wildman–Crippen MR) is 133 cm³/mol. The Balaban J connectivity index is 3.17. The number of carboxylic acid groups (broad SMARTS) is 1. The molecule has 0 saturated carbocycles. The Morgan fingerprint density at radius 1 is 1.15 bits per heavy atom. The molecule has 0 aromatic heterocycles. The Labute approximate surface area is 201 Å². The number of rotatable bonds is 9. The summed E-state index contributed by atoms with van der Waals surface area (Å²) in [7, 11) is 1.69. The molecule has 4 atom stereocenters. The van der Waals surface area contributed by atoms with Crippen LogP contribution in [0.1, 0.15) is 81.6 Å². The van der Waals surface area contributed by atoms with Gasteiger partial charge in [-0.25, -0.2) is 4.79 Å². The van der Waals surface area contributed by atoms with Gasteiger partial charge >= 0.3 is 5.97 Å². The molecule has 0 radical (unpaired) electrons. The summed E-state index contributed by atoms with van der Waals surface area (Å²) in [6, 6.07) is -1.10. The van der Waals surface area contributed by atoms with Crippen molar-refractivity contribution in [3.05, 3.63) is 11.6 Å². The summed E-state index contributed by atoms with van der Waals surface area (Å²) in [6.45, 7) is 18.6. The van der Waals surface area contributed by atoms with Gasteiger partial charge in [0.15, 0.2) is 0 Å². The average molecular weight is 466 g/mol. The zero-order chi connectivity index (χ0) is 25.7. The maximum absolute atomic E-state index is 13.6. The van der Waals surface area contributed by atoms with E-state index in [2.05, 4.69) is 31.0 Å². The van der Waals surface area contributed by atoms with Crippen LogP contribution in [0.5, 0.6) is 0 Å². The highest BCUT2D eigenvalue weighted by Crippen LogP contribution is 2.28. The van der Waals surface area contributed by atoms with E-state index in [4.69, 9.17) is 0 Å². The lowest BCUT2D eigenvalue weighted by atomic mass is 9.84. The molecular formula is C26H47N3O4. The first-order chi connectivity index (χ1) is 15.1. The van der Waals surface area contributed by atoms with Crippen LogP contribution in [0.3, 0.4) is 0 Å². The van der Waals surface area contributed by atoms with Gasteiger partial charge in [0.25, 0.3) is 0 Å². The van der Waals surface area contributed by atoms with Gasteiger partial charge in [-0.15, -0.1) is 0 Å². The zero-order valence-corrected chi connectivity index (χ0v) is 22.4. The summed E-state index contributed by atoms with van der Waals surface area (Å²) in [5, 5.41) is 12.4. The molecule has 0 spiro atoms. The summed E-state index contributed by atoms with van der Waals surface area (Å²) in [5.74, 6) is -0.691. The van der Waals surface area contributed by atoms with Crippen LogP contribution in [-0.2, 0) is 14.4 Å². The predicted octanol–water partition coefficient (Wildman–Crippen LogP) is 3.93. The molecule has 2 N–H and O–H groups in total. The standard InChI is InChI=1S/C26H47N3O4/c1-11-19-12-13-20(29(15-19)17(4)5)23(30)27-22(26(7,8)9)24(31)28(10)21(16(2)3)14-18(6)25(32)33/h14,16-17,19-22H,11-13,15H2,1-10H3,(H,27,30)(H,32,33)/t19-,20-,21-,22-/m1/s1. The molecule has 1 aliphatic rings. The minimum Gasteiger partial charge on any atom is -0.478 e. The molecule has 1 heterocycles. The Bertz CT molecular complexity index is 724. The van der Waals surface area contributed by atoms with Gasteiger partial charge in [0.1, 0.15) is 6.04 Å². The third-order valence-electron chi connectivity index (χ3n) is 6.90. The fourth-order valence-electron chi connectivity index (χ4n) is 4.58. The van der Waals surface area contributed by atoms with Gasteiger partial charge in [-0.1, -0.05) is 54.0 Å². The Morgan fingerprint density at radius 3 is 2.15 bits per heavy atom. The number of nitrogens with one attached hydrogen (secondary N) is 1. The second-order valence-corrected chi connectivity index (χ2v) is 11.3. The van der Waals surface area contributed by atoms with Gasteiger partial charge in [-0.3, -0.25) is 14.5 Å². The van der Waals surface area contributed by atoms with Crippen LogP contribution in [0.25, 0.3) is 0 Å². The molecule has 0 aromatic carbocycles. The summed E-state index contributed by atoms with van der Waals surface area (Å²) >= 11 is 0. The molecule has 0 unspecified atom stereocenters. The topological polar surface area (TPSA) is 90.0 Å². The van der Waals surface area contributed by atoms with Crippen molar-refractivity contribution in [3.8, 4) is 0 Å². The average Bonchev–Trinajstić information content (AvgIpc) is 2.72. The number of aliphatic carboxylic acids is 1. The number of amides is 2. The van der Waals surface area contributed by atoms with E-state index in [0.29, 0.717) is 5.92 Å². The van der Waals surface area contributed by atoms with E-state index in [9.17, 15) is 19.5 Å². The molecule has 0 aromatic rings. The van der Waals surface area contributed by atoms with Crippen LogP contribution in [0, 0.1) is 17.3 Å². The lowest BCUT2D eigenvalue weighted by Gasteiger charge is -2.43. The molecule has 190 valence electrons. The van der Waals surface area contributed by atoms with Crippen molar-refractivity contribution in [1.82, 2.24) is 15.1 Å². The zero-order valence-electron chi connectivity index (χ0n) is 22.4. The molecule has 0 bridgehead atoms. The number of hydrogen-bond donors (Lipinski definition) is 2. The molecule has 1 aliphatic heterocycles. The summed E-state index contributed by atoms with van der Waals surface area (Å²) in [6.07, 6.45) is 4.53. The third-order valence-corrected chi connectivity index (χ3v) is 6.90. The SMILES string of the molecule is CC[C@@H]1CC[C@H](C(=O)N[C@H](C(=O)N(C)[C@H](C=C(C)C(=O)O)C(C)C)C(C)(C)C)N(C(C)C)C1. The van der Waals surface area contributed by atoms with Crippen molar-refractivity contribution < 1.29 is 19.5 Å². The van der Waals surface area contributed by atoms with Gasteiger partial charge in [0.2, 0.25) is 11.8 Å². The van der Waals surface area contributed by atoms with Crippen molar-refractivity contribution in [3.63, 3.8) is 0 Å². The van der Waals surface area contributed by atoms with Crippen molar-refractivity contribution in [2.24, 2.45) is 17.3 Å². The highest BCUT2D eigenvalue weighted by molar-refractivity contribution is 5.91.